The molecule has 1 aliphatic heterocycles. The number of aliphatic carboxylic acids is 1. The molecule has 0 bridgehead atoms. The minimum atomic E-state index is -4.41. The molecule has 206 valence electrons. The first kappa shape index (κ1) is 27.9. The average molecular weight is 544 g/mol. The second-order valence-electron chi connectivity index (χ2n) is 9.06. The van der Waals surface area contributed by atoms with Crippen LogP contribution in [0.4, 0.5) is 18.9 Å². The smallest absolute Gasteiger partial charge is 0.406 e. The van der Waals surface area contributed by atoms with E-state index >= 15 is 0 Å². The van der Waals surface area contributed by atoms with Crippen molar-refractivity contribution in [3.8, 4) is 11.8 Å². The number of halogens is 3. The van der Waals surface area contributed by atoms with E-state index < -0.39 is 31.1 Å². The molecule has 3 aromatic rings. The van der Waals surface area contributed by atoms with Crippen molar-refractivity contribution in [2.45, 2.75) is 38.1 Å². The maximum absolute atomic E-state index is 13.4. The number of ether oxygens (including phenoxy) is 1. The summed E-state index contributed by atoms with van der Waals surface area (Å²) in [6.07, 6.45) is -1.16. The highest BCUT2D eigenvalue weighted by atomic mass is 19.4. The van der Waals surface area contributed by atoms with Gasteiger partial charge in [0, 0.05) is 36.7 Å². The van der Waals surface area contributed by atoms with Crippen LogP contribution in [0.5, 0.6) is 0 Å². The van der Waals surface area contributed by atoms with Gasteiger partial charge in [0.1, 0.15) is 18.8 Å². The molecule has 9 nitrogen and oxygen atoms in total. The van der Waals surface area contributed by atoms with Crippen molar-refractivity contribution in [3.05, 3.63) is 59.5 Å². The topological polar surface area (TPSA) is 118 Å². The number of carbonyl (C=O) groups excluding carboxylic acids is 1. The number of hydrogen-bond donors (Lipinski definition) is 4. The Bertz CT molecular complexity index is 1370. The van der Waals surface area contributed by atoms with Gasteiger partial charge in [-0.2, -0.15) is 13.2 Å². The largest absolute Gasteiger partial charge is 0.480 e. The summed E-state index contributed by atoms with van der Waals surface area (Å²) in [5.74, 6) is 3.89. The second kappa shape index (κ2) is 12.6. The zero-order valence-electron chi connectivity index (χ0n) is 21.0. The van der Waals surface area contributed by atoms with Crippen LogP contribution in [-0.4, -0.2) is 65.1 Å². The lowest BCUT2D eigenvalue weighted by atomic mass is 10.1. The van der Waals surface area contributed by atoms with Gasteiger partial charge in [-0.3, -0.25) is 9.59 Å². The minimum absolute atomic E-state index is 0.0480. The average Bonchev–Trinajstić information content (AvgIpc) is 3.24. The van der Waals surface area contributed by atoms with Crippen molar-refractivity contribution in [1.82, 2.24) is 20.2 Å². The third-order valence-corrected chi connectivity index (χ3v) is 6.11. The van der Waals surface area contributed by atoms with Gasteiger partial charge in [-0.25, -0.2) is 4.98 Å². The summed E-state index contributed by atoms with van der Waals surface area (Å²) in [5.41, 5.74) is 2.28. The Hall–Kier alpha value is -4.08. The van der Waals surface area contributed by atoms with E-state index in [4.69, 9.17) is 9.84 Å². The van der Waals surface area contributed by atoms with Crippen LogP contribution in [0.15, 0.2) is 42.6 Å². The number of carbonyl (C=O) groups is 2. The molecule has 4 rings (SSSR count). The molecule has 0 saturated carbocycles. The predicted molar refractivity (Wildman–Crippen MR) is 138 cm³/mol. The standard InChI is InChI=1S/C27H28F3N5O4/c28-27(29,30)17-35-22(2-1-9-31-21-4-5-23(33-15-21)26(38)34-16-25(36)37)13-19-12-18(3-6-24(19)35)14-32-20-7-10-39-11-8-20/h3-6,12-13,15,20,31-32H,7-11,14,16-17H2,(H,34,38)(H,36,37). The molecule has 1 saturated heterocycles. The number of carboxylic acids is 1. The van der Waals surface area contributed by atoms with E-state index in [0.29, 0.717) is 29.2 Å². The molecule has 12 heteroatoms. The summed E-state index contributed by atoms with van der Waals surface area (Å²) < 4.78 is 46.6. The van der Waals surface area contributed by atoms with Crippen LogP contribution in [0.1, 0.15) is 34.6 Å². The first-order valence-corrected chi connectivity index (χ1v) is 12.4. The zero-order valence-corrected chi connectivity index (χ0v) is 21.0. The number of hydrogen-bond acceptors (Lipinski definition) is 6. The molecule has 1 aliphatic rings. The highest BCUT2D eigenvalue weighted by Crippen LogP contribution is 2.26. The number of anilines is 1. The third-order valence-electron chi connectivity index (χ3n) is 6.11. The summed E-state index contributed by atoms with van der Waals surface area (Å²) in [5, 5.41) is 18.0. The summed E-state index contributed by atoms with van der Waals surface area (Å²) in [7, 11) is 0. The van der Waals surface area contributed by atoms with E-state index in [0.717, 1.165) is 31.6 Å². The number of rotatable bonds is 9. The Morgan fingerprint density at radius 1 is 1.15 bits per heavy atom. The molecule has 3 heterocycles. The number of benzene rings is 1. The Kier molecular flexibility index (Phi) is 9.06. The van der Waals surface area contributed by atoms with E-state index in [-0.39, 0.29) is 17.9 Å². The number of aromatic nitrogens is 2. The van der Waals surface area contributed by atoms with Crippen molar-refractivity contribution in [2.24, 2.45) is 0 Å². The van der Waals surface area contributed by atoms with Crippen LogP contribution < -0.4 is 16.0 Å². The number of nitrogens with one attached hydrogen (secondary N) is 3. The first-order chi connectivity index (χ1) is 18.7. The van der Waals surface area contributed by atoms with Crippen LogP contribution in [0.3, 0.4) is 0 Å². The van der Waals surface area contributed by atoms with Gasteiger partial charge in [-0.15, -0.1) is 0 Å². The van der Waals surface area contributed by atoms with E-state index in [1.807, 2.05) is 12.1 Å². The Labute approximate surface area is 222 Å². The summed E-state index contributed by atoms with van der Waals surface area (Å²) in [4.78, 5) is 26.4. The van der Waals surface area contributed by atoms with Crippen LogP contribution in [-0.2, 0) is 22.6 Å². The van der Waals surface area contributed by atoms with Gasteiger partial charge in [0.05, 0.1) is 24.1 Å². The van der Waals surface area contributed by atoms with Gasteiger partial charge in [0.2, 0.25) is 0 Å². The van der Waals surface area contributed by atoms with Crippen molar-refractivity contribution < 1.29 is 32.6 Å². The second-order valence-corrected chi connectivity index (χ2v) is 9.06. The van der Waals surface area contributed by atoms with Crippen molar-refractivity contribution in [2.75, 3.05) is 31.6 Å². The number of fused-ring (bicyclic) bond motifs is 1. The van der Waals surface area contributed by atoms with Gasteiger partial charge in [0.25, 0.3) is 5.91 Å². The lowest BCUT2D eigenvalue weighted by Crippen LogP contribution is -2.34. The van der Waals surface area contributed by atoms with Gasteiger partial charge in [-0.1, -0.05) is 12.0 Å². The fourth-order valence-electron chi connectivity index (χ4n) is 4.21. The minimum Gasteiger partial charge on any atom is -0.480 e. The fourth-order valence-corrected chi connectivity index (χ4v) is 4.21. The van der Waals surface area contributed by atoms with E-state index in [9.17, 15) is 22.8 Å². The molecule has 0 aliphatic carbocycles. The number of carboxylic acid groups (broad SMARTS) is 1. The lowest BCUT2D eigenvalue weighted by Gasteiger charge is -2.23. The Balaban J connectivity index is 1.43. The molecule has 0 unspecified atom stereocenters. The van der Waals surface area contributed by atoms with E-state index in [2.05, 4.69) is 32.8 Å². The van der Waals surface area contributed by atoms with E-state index in [1.165, 1.54) is 16.8 Å². The summed E-state index contributed by atoms with van der Waals surface area (Å²) in [6.45, 7) is 0.519. The fraction of sp³-hybridized carbons (Fsp3) is 0.370. The van der Waals surface area contributed by atoms with Crippen LogP contribution in [0.2, 0.25) is 0 Å². The quantitative estimate of drug-likeness (QED) is 0.307. The molecule has 1 amide bonds. The van der Waals surface area contributed by atoms with Crippen LogP contribution in [0.25, 0.3) is 10.9 Å². The maximum Gasteiger partial charge on any atom is 0.406 e. The third kappa shape index (κ3) is 8.20. The number of amides is 1. The highest BCUT2D eigenvalue weighted by molar-refractivity contribution is 5.94. The first-order valence-electron chi connectivity index (χ1n) is 12.4. The SMILES string of the molecule is O=C(O)CNC(=O)c1ccc(NCC#Cc2cc3cc(CNC4CCOCC4)ccc3n2CC(F)(F)F)cn1. The molecule has 0 atom stereocenters. The Morgan fingerprint density at radius 3 is 2.64 bits per heavy atom. The molecule has 0 radical (unpaired) electrons. The molecule has 2 aromatic heterocycles. The zero-order chi connectivity index (χ0) is 27.8. The Morgan fingerprint density at radius 2 is 1.95 bits per heavy atom. The molecule has 39 heavy (non-hydrogen) atoms. The van der Waals surface area contributed by atoms with Crippen molar-refractivity contribution >= 4 is 28.5 Å². The maximum atomic E-state index is 13.4. The van der Waals surface area contributed by atoms with E-state index in [1.54, 1.807) is 18.2 Å². The molecular weight excluding hydrogens is 515 g/mol. The summed E-state index contributed by atoms with van der Waals surface area (Å²) >= 11 is 0. The molecule has 1 aromatic carbocycles. The molecule has 4 N–H and O–H groups in total. The molecule has 1 fully saturated rings. The van der Waals surface area contributed by atoms with Gasteiger partial charge in [-0.05, 0) is 54.7 Å². The number of nitrogens with zero attached hydrogens (tertiary/aromatic N) is 2. The number of alkyl halides is 3. The van der Waals surface area contributed by atoms with Crippen molar-refractivity contribution in [3.63, 3.8) is 0 Å². The van der Waals surface area contributed by atoms with Crippen LogP contribution in [0, 0.1) is 11.8 Å². The lowest BCUT2D eigenvalue weighted by molar-refractivity contribution is -0.140. The molecule has 0 spiro atoms. The van der Waals surface area contributed by atoms with Crippen LogP contribution >= 0.6 is 0 Å². The monoisotopic (exact) mass is 543 g/mol. The van der Waals surface area contributed by atoms with Crippen molar-refractivity contribution in [1.29, 1.82) is 0 Å². The predicted octanol–water partition coefficient (Wildman–Crippen LogP) is 3.15. The molecular formula is C27H28F3N5O4. The van der Waals surface area contributed by atoms with Gasteiger partial charge >= 0.3 is 12.1 Å². The summed E-state index contributed by atoms with van der Waals surface area (Å²) in [6, 6.07) is 10.4. The normalized spacial score (nSPS) is 14.0. The number of pyridine rings is 1. The van der Waals surface area contributed by atoms with Gasteiger partial charge in [0.15, 0.2) is 0 Å². The van der Waals surface area contributed by atoms with Gasteiger partial charge < -0.3 is 30.4 Å². The highest BCUT2D eigenvalue weighted by Gasteiger charge is 2.29.